The Hall–Kier alpha value is -2.10. The summed E-state index contributed by atoms with van der Waals surface area (Å²) in [5, 5.41) is 5.17. The standard InChI is InChI=1S/C20H28ClN5O3S/c1-20(2,3)29-19(27)25-11-9-24(10-12-25)14-26-18(30)23(4)17(22-26)13-28-16-8-6-5-7-15(16)21/h5-8H,9-14H2,1-4H3. The van der Waals surface area contributed by atoms with E-state index in [4.69, 9.17) is 33.3 Å². The molecule has 0 spiro atoms. The Balaban J connectivity index is 1.56. The van der Waals surface area contributed by atoms with Gasteiger partial charge in [-0.25, -0.2) is 9.48 Å². The van der Waals surface area contributed by atoms with Crippen LogP contribution in [0.2, 0.25) is 5.02 Å². The molecule has 0 N–H and O–H groups in total. The number of ether oxygens (including phenoxy) is 2. The highest BCUT2D eigenvalue weighted by molar-refractivity contribution is 7.71. The molecule has 0 radical (unpaired) electrons. The highest BCUT2D eigenvalue weighted by Crippen LogP contribution is 2.24. The minimum atomic E-state index is -0.488. The molecule has 0 saturated carbocycles. The number of halogens is 1. The van der Waals surface area contributed by atoms with Gasteiger partial charge in [-0.05, 0) is 45.1 Å². The molecule has 164 valence electrons. The van der Waals surface area contributed by atoms with Crippen LogP contribution in [0.4, 0.5) is 4.79 Å². The van der Waals surface area contributed by atoms with Crippen LogP contribution in [0.15, 0.2) is 24.3 Å². The largest absolute Gasteiger partial charge is 0.484 e. The molecule has 1 amide bonds. The van der Waals surface area contributed by atoms with Crippen molar-refractivity contribution < 1.29 is 14.3 Å². The number of para-hydroxylation sites is 1. The Morgan fingerprint density at radius 1 is 1.20 bits per heavy atom. The third kappa shape index (κ3) is 5.74. The highest BCUT2D eigenvalue weighted by Gasteiger charge is 2.26. The first-order valence-electron chi connectivity index (χ1n) is 9.84. The van der Waals surface area contributed by atoms with E-state index in [9.17, 15) is 4.79 Å². The molecular weight excluding hydrogens is 426 g/mol. The second kappa shape index (κ2) is 9.36. The van der Waals surface area contributed by atoms with E-state index in [1.807, 2.05) is 50.6 Å². The molecule has 1 fully saturated rings. The molecule has 1 aromatic carbocycles. The van der Waals surface area contributed by atoms with E-state index < -0.39 is 5.60 Å². The number of amides is 1. The second-order valence-corrected chi connectivity index (χ2v) is 8.98. The quantitative estimate of drug-likeness (QED) is 0.643. The van der Waals surface area contributed by atoms with E-state index in [1.54, 1.807) is 15.6 Å². The first-order chi connectivity index (χ1) is 14.1. The minimum Gasteiger partial charge on any atom is -0.484 e. The average molecular weight is 454 g/mol. The van der Waals surface area contributed by atoms with Gasteiger partial charge in [0.1, 0.15) is 18.0 Å². The van der Waals surface area contributed by atoms with Crippen LogP contribution < -0.4 is 4.74 Å². The summed E-state index contributed by atoms with van der Waals surface area (Å²) in [5.74, 6) is 1.32. The van der Waals surface area contributed by atoms with Crippen molar-refractivity contribution in [2.75, 3.05) is 26.2 Å². The maximum Gasteiger partial charge on any atom is 0.410 e. The van der Waals surface area contributed by atoms with Gasteiger partial charge in [0.2, 0.25) is 0 Å². The van der Waals surface area contributed by atoms with Gasteiger partial charge in [-0.15, -0.1) is 0 Å². The Labute approximate surface area is 186 Å². The first-order valence-corrected chi connectivity index (χ1v) is 10.6. The zero-order chi connectivity index (χ0) is 21.9. The predicted octanol–water partition coefficient (Wildman–Crippen LogP) is 3.69. The van der Waals surface area contributed by atoms with Gasteiger partial charge < -0.3 is 18.9 Å². The number of carbonyl (C=O) groups is 1. The number of carbonyl (C=O) groups excluding carboxylic acids is 1. The van der Waals surface area contributed by atoms with Gasteiger partial charge in [0.25, 0.3) is 0 Å². The molecule has 3 rings (SSSR count). The van der Waals surface area contributed by atoms with E-state index in [1.165, 1.54) is 0 Å². The molecular formula is C20H28ClN5O3S. The number of piperazine rings is 1. The van der Waals surface area contributed by atoms with Crippen molar-refractivity contribution in [2.45, 2.75) is 39.6 Å². The molecule has 1 aliphatic rings. The number of rotatable bonds is 5. The molecule has 30 heavy (non-hydrogen) atoms. The first kappa shape index (κ1) is 22.6. The van der Waals surface area contributed by atoms with Gasteiger partial charge in [-0.2, -0.15) is 5.10 Å². The van der Waals surface area contributed by atoms with Crippen molar-refractivity contribution in [3.63, 3.8) is 0 Å². The smallest absolute Gasteiger partial charge is 0.410 e. The van der Waals surface area contributed by atoms with Crippen LogP contribution in [0.1, 0.15) is 26.6 Å². The van der Waals surface area contributed by atoms with Crippen LogP contribution in [0.3, 0.4) is 0 Å². The third-order valence-corrected chi connectivity index (χ3v) is 5.48. The van der Waals surface area contributed by atoms with Crippen LogP contribution in [0.25, 0.3) is 0 Å². The Bertz CT molecular complexity index is 945. The predicted molar refractivity (Wildman–Crippen MR) is 117 cm³/mol. The van der Waals surface area contributed by atoms with Crippen molar-refractivity contribution in [1.82, 2.24) is 24.1 Å². The van der Waals surface area contributed by atoms with Gasteiger partial charge >= 0.3 is 6.09 Å². The average Bonchev–Trinajstić information content (AvgIpc) is 2.94. The summed E-state index contributed by atoms with van der Waals surface area (Å²) < 4.78 is 15.5. The topological polar surface area (TPSA) is 64.8 Å². The Morgan fingerprint density at radius 3 is 2.50 bits per heavy atom. The van der Waals surface area contributed by atoms with Crippen LogP contribution in [-0.4, -0.2) is 62.0 Å². The van der Waals surface area contributed by atoms with E-state index in [-0.39, 0.29) is 12.7 Å². The summed E-state index contributed by atoms with van der Waals surface area (Å²) >= 11 is 11.7. The fourth-order valence-electron chi connectivity index (χ4n) is 3.04. The van der Waals surface area contributed by atoms with Crippen molar-refractivity contribution in [1.29, 1.82) is 0 Å². The lowest BCUT2D eigenvalue weighted by atomic mass is 10.2. The molecule has 1 saturated heterocycles. The van der Waals surface area contributed by atoms with Crippen LogP contribution in [-0.2, 0) is 25.1 Å². The van der Waals surface area contributed by atoms with Crippen molar-refractivity contribution in [3.05, 3.63) is 39.9 Å². The third-order valence-electron chi connectivity index (χ3n) is 4.68. The zero-order valence-electron chi connectivity index (χ0n) is 17.8. The monoisotopic (exact) mass is 453 g/mol. The SMILES string of the molecule is Cn1c(COc2ccccc2Cl)nn(CN2CCN(C(=O)OC(C)(C)C)CC2)c1=S. The van der Waals surface area contributed by atoms with Crippen LogP contribution in [0, 0.1) is 4.77 Å². The number of hydrogen-bond acceptors (Lipinski definition) is 6. The van der Waals surface area contributed by atoms with E-state index >= 15 is 0 Å². The molecule has 8 nitrogen and oxygen atoms in total. The van der Waals surface area contributed by atoms with E-state index in [2.05, 4.69) is 10.00 Å². The fourth-order valence-corrected chi connectivity index (χ4v) is 3.44. The van der Waals surface area contributed by atoms with Gasteiger partial charge in [-0.1, -0.05) is 23.7 Å². The number of aromatic nitrogens is 3. The summed E-state index contributed by atoms with van der Waals surface area (Å²) in [5.41, 5.74) is -0.488. The normalized spacial score (nSPS) is 15.3. The lowest BCUT2D eigenvalue weighted by Gasteiger charge is -2.35. The zero-order valence-corrected chi connectivity index (χ0v) is 19.4. The Kier molecular flexibility index (Phi) is 7.05. The van der Waals surface area contributed by atoms with Gasteiger partial charge in [0.05, 0.1) is 11.7 Å². The summed E-state index contributed by atoms with van der Waals surface area (Å²) in [6.45, 7) is 9.11. The lowest BCUT2D eigenvalue weighted by Crippen LogP contribution is -2.50. The molecule has 2 heterocycles. The van der Waals surface area contributed by atoms with Gasteiger partial charge in [0.15, 0.2) is 10.6 Å². The molecule has 0 aliphatic carbocycles. The summed E-state index contributed by atoms with van der Waals surface area (Å²) in [6, 6.07) is 7.33. The summed E-state index contributed by atoms with van der Waals surface area (Å²) in [6.07, 6.45) is -0.268. The number of nitrogens with zero attached hydrogens (tertiary/aromatic N) is 5. The molecule has 10 heteroatoms. The molecule has 0 atom stereocenters. The van der Waals surface area contributed by atoms with Crippen molar-refractivity contribution >= 4 is 29.9 Å². The summed E-state index contributed by atoms with van der Waals surface area (Å²) in [7, 11) is 1.87. The molecule has 1 aromatic heterocycles. The fraction of sp³-hybridized carbons (Fsp3) is 0.550. The molecule has 2 aromatic rings. The molecule has 0 unspecified atom stereocenters. The van der Waals surface area contributed by atoms with Gasteiger partial charge in [-0.3, -0.25) is 4.90 Å². The summed E-state index contributed by atoms with van der Waals surface area (Å²) in [4.78, 5) is 16.2. The maximum atomic E-state index is 12.2. The highest BCUT2D eigenvalue weighted by atomic mass is 35.5. The minimum absolute atomic E-state index is 0.267. The van der Waals surface area contributed by atoms with Crippen molar-refractivity contribution in [3.8, 4) is 5.75 Å². The maximum absolute atomic E-state index is 12.2. The number of hydrogen-bond donors (Lipinski definition) is 0. The van der Waals surface area contributed by atoms with Gasteiger partial charge in [0, 0.05) is 33.2 Å². The molecule has 0 bridgehead atoms. The lowest BCUT2D eigenvalue weighted by molar-refractivity contribution is 0.0113. The van der Waals surface area contributed by atoms with E-state index in [0.717, 1.165) is 13.1 Å². The molecule has 1 aliphatic heterocycles. The second-order valence-electron chi connectivity index (χ2n) is 8.20. The van der Waals surface area contributed by atoms with Crippen LogP contribution >= 0.6 is 23.8 Å². The van der Waals surface area contributed by atoms with E-state index in [0.29, 0.717) is 41.1 Å². The van der Waals surface area contributed by atoms with Crippen LogP contribution in [0.5, 0.6) is 5.75 Å². The van der Waals surface area contributed by atoms with Crippen molar-refractivity contribution in [2.24, 2.45) is 7.05 Å². The Morgan fingerprint density at radius 2 is 1.87 bits per heavy atom. The number of benzene rings is 1.